The summed E-state index contributed by atoms with van der Waals surface area (Å²) in [7, 11) is 0. The first-order valence-corrected chi connectivity index (χ1v) is 2.29. The summed E-state index contributed by atoms with van der Waals surface area (Å²) in [6.45, 7) is 5.03. The van der Waals surface area contributed by atoms with Gasteiger partial charge < -0.3 is 5.43 Å². The molecule has 0 aliphatic carbocycles. The molecule has 8 heavy (non-hydrogen) atoms. The van der Waals surface area contributed by atoms with Crippen molar-refractivity contribution in [3.63, 3.8) is 0 Å². The molecule has 0 rings (SSSR count). The van der Waals surface area contributed by atoms with Crippen LogP contribution in [0.3, 0.4) is 0 Å². The van der Waals surface area contributed by atoms with Crippen molar-refractivity contribution in [3.8, 4) is 0 Å². The molecule has 0 saturated carbocycles. The molecule has 0 N–H and O–H groups in total. The summed E-state index contributed by atoms with van der Waals surface area (Å²) in [5.41, 5.74) is 2.58. The number of hydrogen-bond donors (Lipinski definition) is 0. The molecule has 0 aromatic rings. The van der Waals surface area contributed by atoms with E-state index < -0.39 is 10.6 Å². The highest BCUT2D eigenvalue weighted by atomic mass is 16.7. The van der Waals surface area contributed by atoms with E-state index in [1.165, 1.54) is 0 Å². The predicted molar refractivity (Wildman–Crippen MR) is 30.1 cm³/mol. The monoisotopic (exact) mass is 117 g/mol. The van der Waals surface area contributed by atoms with Crippen LogP contribution in [0.25, 0.3) is 5.43 Å². The average Bonchev–Trinajstić information content (AvgIpc) is 1.21. The van der Waals surface area contributed by atoms with Crippen LogP contribution in [-0.2, 0) is 0 Å². The van der Waals surface area contributed by atoms with Crippen molar-refractivity contribution in [2.45, 2.75) is 26.3 Å². The second-order valence-electron chi connectivity index (χ2n) is 2.51. The Balaban J connectivity index is 3.55. The zero-order valence-electron chi connectivity index (χ0n) is 5.21. The normalized spacial score (nSPS) is 10.9. The Kier molecular flexibility index (Phi) is 1.78. The summed E-state index contributed by atoms with van der Waals surface area (Å²) in [5.74, 6) is 0. The Morgan fingerprint density at radius 3 is 1.88 bits per heavy atom. The molecular weight excluding hydrogens is 108 g/mol. The molecule has 0 fully saturated rings. The van der Waals surface area contributed by atoms with Gasteiger partial charge in [-0.15, -0.1) is 0 Å². The Labute approximate surface area is 48.0 Å². The van der Waals surface area contributed by atoms with Crippen molar-refractivity contribution in [2.75, 3.05) is 0 Å². The number of rotatable bonds is 1. The molecule has 0 unspecified atom stereocenters. The van der Waals surface area contributed by atoms with Crippen LogP contribution in [0, 0.1) is 10.1 Å². The summed E-state index contributed by atoms with van der Waals surface area (Å²) in [5, 5.41) is 8.99. The first-order valence-electron chi connectivity index (χ1n) is 2.29. The fourth-order valence-electron chi connectivity index (χ4n) is 0.245. The van der Waals surface area contributed by atoms with Crippen LogP contribution >= 0.6 is 0 Å². The predicted octanol–water partition coefficient (Wildman–Crippen LogP) is 1.35. The molecule has 0 bridgehead atoms. The molecule has 0 amide bonds. The molecule has 0 spiro atoms. The molecule has 0 saturated heterocycles. The summed E-state index contributed by atoms with van der Waals surface area (Å²) < 4.78 is 0. The Morgan fingerprint density at radius 2 is 1.88 bits per heavy atom. The maximum absolute atomic E-state index is 9.65. The quantitative estimate of drug-likeness (QED) is 0.384. The number of hydrogen-bond acceptors (Lipinski definition) is 2. The first-order chi connectivity index (χ1) is 3.42. The lowest BCUT2D eigenvalue weighted by atomic mass is 10.1. The molecule has 0 aliphatic rings. The van der Waals surface area contributed by atoms with Crippen LogP contribution in [0.1, 0.15) is 20.8 Å². The van der Waals surface area contributed by atoms with Crippen LogP contribution in [0.15, 0.2) is 0 Å². The molecule has 0 aromatic heterocycles. The molecule has 0 aliphatic heterocycles. The standard InChI is InChI=1S/C4H9N2O2/c1-4(2,3)5-6(7)8/h1-3H3/q-1. The van der Waals surface area contributed by atoms with Crippen LogP contribution < -0.4 is 0 Å². The van der Waals surface area contributed by atoms with Gasteiger partial charge in [0, 0.05) is 0 Å². The number of nitrogens with zero attached hydrogens (tertiary/aromatic N) is 2. The van der Waals surface area contributed by atoms with E-state index in [0.29, 0.717) is 0 Å². The van der Waals surface area contributed by atoms with Crippen LogP contribution in [-0.4, -0.2) is 10.6 Å². The van der Waals surface area contributed by atoms with E-state index in [9.17, 15) is 10.1 Å². The maximum atomic E-state index is 9.65. The van der Waals surface area contributed by atoms with Gasteiger partial charge in [-0.3, -0.25) is 10.1 Å². The Hall–Kier alpha value is -0.800. The largest absolute Gasteiger partial charge is 0.373 e. The molecule has 0 aromatic carbocycles. The highest BCUT2D eigenvalue weighted by Crippen LogP contribution is 2.12. The summed E-state index contributed by atoms with van der Waals surface area (Å²) >= 11 is 0. The van der Waals surface area contributed by atoms with Crippen molar-refractivity contribution < 1.29 is 5.03 Å². The van der Waals surface area contributed by atoms with Gasteiger partial charge in [-0.25, -0.2) is 0 Å². The van der Waals surface area contributed by atoms with Crippen LogP contribution in [0.2, 0.25) is 0 Å². The van der Waals surface area contributed by atoms with Crippen LogP contribution in [0.4, 0.5) is 0 Å². The van der Waals surface area contributed by atoms with Crippen molar-refractivity contribution in [2.24, 2.45) is 0 Å². The van der Waals surface area contributed by atoms with Gasteiger partial charge >= 0.3 is 0 Å². The smallest absolute Gasteiger partial charge is 0.0122 e. The zero-order valence-corrected chi connectivity index (χ0v) is 5.21. The molecule has 0 radical (unpaired) electrons. The fraction of sp³-hybridized carbons (Fsp3) is 1.00. The second kappa shape index (κ2) is 1.98. The lowest BCUT2D eigenvalue weighted by Crippen LogP contribution is -2.15. The summed E-state index contributed by atoms with van der Waals surface area (Å²) in [6.07, 6.45) is 0. The molecular formula is C4H9N2O2-. The Bertz CT molecular complexity index is 94.7. The van der Waals surface area contributed by atoms with E-state index in [2.05, 4.69) is 5.43 Å². The zero-order chi connectivity index (χ0) is 6.78. The fourth-order valence-corrected chi connectivity index (χ4v) is 0.245. The minimum absolute atomic E-state index is 0.552. The summed E-state index contributed by atoms with van der Waals surface area (Å²) in [4.78, 5) is 9.65. The minimum Gasteiger partial charge on any atom is -0.373 e. The van der Waals surface area contributed by atoms with Crippen molar-refractivity contribution >= 4 is 0 Å². The van der Waals surface area contributed by atoms with E-state index in [0.717, 1.165) is 0 Å². The van der Waals surface area contributed by atoms with E-state index in [4.69, 9.17) is 0 Å². The van der Waals surface area contributed by atoms with Gasteiger partial charge in [0.25, 0.3) is 0 Å². The second-order valence-corrected chi connectivity index (χ2v) is 2.51. The third kappa shape index (κ3) is 5.20. The van der Waals surface area contributed by atoms with E-state index in [1.54, 1.807) is 20.8 Å². The van der Waals surface area contributed by atoms with Gasteiger partial charge in [0.05, 0.1) is 0 Å². The third-order valence-corrected chi connectivity index (χ3v) is 0.382. The lowest BCUT2D eigenvalue weighted by Gasteiger charge is -2.26. The molecule has 48 valence electrons. The lowest BCUT2D eigenvalue weighted by molar-refractivity contribution is -0.434. The topological polar surface area (TPSA) is 57.2 Å². The summed E-state index contributed by atoms with van der Waals surface area (Å²) in [6, 6.07) is 0. The van der Waals surface area contributed by atoms with Crippen molar-refractivity contribution in [3.05, 3.63) is 15.5 Å². The highest BCUT2D eigenvalue weighted by Gasteiger charge is 2.00. The van der Waals surface area contributed by atoms with E-state index in [1.807, 2.05) is 0 Å². The minimum atomic E-state index is -0.667. The molecule has 4 heteroatoms. The van der Waals surface area contributed by atoms with Crippen molar-refractivity contribution in [1.29, 1.82) is 0 Å². The third-order valence-electron chi connectivity index (χ3n) is 0.382. The van der Waals surface area contributed by atoms with Gasteiger partial charge in [0.2, 0.25) is 0 Å². The van der Waals surface area contributed by atoms with Crippen molar-refractivity contribution in [1.82, 2.24) is 0 Å². The van der Waals surface area contributed by atoms with Gasteiger partial charge in [-0.2, -0.15) is 0 Å². The maximum Gasteiger partial charge on any atom is -0.0122 e. The van der Waals surface area contributed by atoms with Gasteiger partial charge in [0.15, 0.2) is 0 Å². The molecule has 0 atom stereocenters. The van der Waals surface area contributed by atoms with Gasteiger partial charge in [0.1, 0.15) is 0 Å². The number of nitro groups is 1. The van der Waals surface area contributed by atoms with Gasteiger partial charge in [-0.1, -0.05) is 26.3 Å². The molecule has 4 nitrogen and oxygen atoms in total. The Morgan fingerprint density at radius 1 is 1.50 bits per heavy atom. The van der Waals surface area contributed by atoms with E-state index >= 15 is 0 Å². The highest BCUT2D eigenvalue weighted by molar-refractivity contribution is 4.85. The SMILES string of the molecule is CC(C)(C)[N-][N+](=O)[O-]. The molecule has 0 heterocycles. The average molecular weight is 117 g/mol. The van der Waals surface area contributed by atoms with E-state index in [-0.39, 0.29) is 0 Å². The van der Waals surface area contributed by atoms with Crippen LogP contribution in [0.5, 0.6) is 0 Å². The first kappa shape index (κ1) is 7.20. The van der Waals surface area contributed by atoms with Gasteiger partial charge in [-0.05, 0) is 5.03 Å².